The summed E-state index contributed by atoms with van der Waals surface area (Å²) in [5.41, 5.74) is 4.95. The predicted molar refractivity (Wildman–Crippen MR) is 42.7 cm³/mol. The first-order valence-corrected chi connectivity index (χ1v) is 4.24. The summed E-state index contributed by atoms with van der Waals surface area (Å²) in [6, 6.07) is 0. The van der Waals surface area contributed by atoms with Gasteiger partial charge in [0.1, 0.15) is 9.61 Å². The van der Waals surface area contributed by atoms with Gasteiger partial charge in [0.2, 0.25) is 5.91 Å². The van der Waals surface area contributed by atoms with Gasteiger partial charge in [0.15, 0.2) is 0 Å². The number of aromatic nitrogens is 1. The van der Waals surface area contributed by atoms with E-state index >= 15 is 0 Å². The van der Waals surface area contributed by atoms with Crippen LogP contribution in [0.3, 0.4) is 0 Å². The summed E-state index contributed by atoms with van der Waals surface area (Å²) in [6.45, 7) is 0. The molecule has 0 aliphatic heterocycles. The quantitative estimate of drug-likeness (QED) is 0.807. The fraction of sp³-hybridized carbons (Fsp3) is 0.200. The Hall–Kier alpha value is -0.420. The summed E-state index contributed by atoms with van der Waals surface area (Å²) in [6.07, 6.45) is 0.232. The highest BCUT2D eigenvalue weighted by Gasteiger charge is 2.01. The number of halogens is 1. The zero-order chi connectivity index (χ0) is 7.56. The lowest BCUT2D eigenvalue weighted by molar-refractivity contribution is -0.117. The molecule has 10 heavy (non-hydrogen) atoms. The molecule has 0 unspecified atom stereocenters. The van der Waals surface area contributed by atoms with Gasteiger partial charge in [0.25, 0.3) is 0 Å². The van der Waals surface area contributed by atoms with Crippen LogP contribution >= 0.6 is 27.3 Å². The molecule has 0 aromatic carbocycles. The molecular weight excluding hydrogens is 216 g/mol. The molecule has 2 N–H and O–H groups in total. The minimum absolute atomic E-state index is 0.232. The predicted octanol–water partition coefficient (Wildman–Crippen LogP) is 0.933. The summed E-state index contributed by atoms with van der Waals surface area (Å²) < 4.78 is 0.758. The molecule has 54 valence electrons. The summed E-state index contributed by atoms with van der Waals surface area (Å²) in [4.78, 5) is 14.3. The van der Waals surface area contributed by atoms with Crippen molar-refractivity contribution in [2.24, 2.45) is 5.73 Å². The summed E-state index contributed by atoms with van der Waals surface area (Å²) >= 11 is 4.59. The fourth-order valence-electron chi connectivity index (χ4n) is 0.519. The van der Waals surface area contributed by atoms with Gasteiger partial charge in [-0.2, -0.15) is 0 Å². The largest absolute Gasteiger partial charge is 0.369 e. The summed E-state index contributed by atoms with van der Waals surface area (Å²) in [5.74, 6) is -0.346. The maximum absolute atomic E-state index is 10.4. The summed E-state index contributed by atoms with van der Waals surface area (Å²) in [7, 11) is 0. The zero-order valence-electron chi connectivity index (χ0n) is 5.00. The number of nitrogens with zero attached hydrogens (tertiary/aromatic N) is 1. The maximum Gasteiger partial charge on any atom is 0.224 e. The molecule has 0 fully saturated rings. The van der Waals surface area contributed by atoms with E-state index in [1.165, 1.54) is 11.3 Å². The molecule has 1 aromatic heterocycles. The van der Waals surface area contributed by atoms with E-state index in [0.29, 0.717) is 0 Å². The first-order valence-electron chi connectivity index (χ1n) is 2.56. The van der Waals surface area contributed by atoms with Crippen LogP contribution in [-0.2, 0) is 11.2 Å². The van der Waals surface area contributed by atoms with E-state index in [1.54, 1.807) is 0 Å². The lowest BCUT2D eigenvalue weighted by Gasteiger charge is -1.85. The van der Waals surface area contributed by atoms with Crippen LogP contribution in [0, 0.1) is 0 Å². The van der Waals surface area contributed by atoms with Gasteiger partial charge < -0.3 is 5.73 Å². The SMILES string of the molecule is NC(=O)Cc1nc(Br)cs1. The first kappa shape index (κ1) is 7.68. The molecule has 0 saturated heterocycles. The van der Waals surface area contributed by atoms with Crippen molar-refractivity contribution in [1.29, 1.82) is 0 Å². The Morgan fingerprint density at radius 2 is 2.60 bits per heavy atom. The van der Waals surface area contributed by atoms with Crippen LogP contribution in [0.15, 0.2) is 9.98 Å². The molecular formula is C5H5BrN2OS. The molecule has 0 spiro atoms. The molecule has 0 radical (unpaired) electrons. The number of carbonyl (C=O) groups is 1. The van der Waals surface area contributed by atoms with Gasteiger partial charge in [0.05, 0.1) is 6.42 Å². The van der Waals surface area contributed by atoms with Gasteiger partial charge in [-0.3, -0.25) is 4.79 Å². The molecule has 3 nitrogen and oxygen atoms in total. The van der Waals surface area contributed by atoms with E-state index in [9.17, 15) is 4.79 Å². The number of thiazole rings is 1. The molecule has 0 bridgehead atoms. The van der Waals surface area contributed by atoms with Crippen molar-refractivity contribution in [1.82, 2.24) is 4.98 Å². The zero-order valence-corrected chi connectivity index (χ0v) is 7.41. The summed E-state index contributed by atoms with van der Waals surface area (Å²) in [5, 5.41) is 2.57. The van der Waals surface area contributed by atoms with E-state index in [1.807, 2.05) is 5.38 Å². The van der Waals surface area contributed by atoms with Crippen LogP contribution < -0.4 is 5.73 Å². The van der Waals surface area contributed by atoms with Crippen molar-refractivity contribution in [2.45, 2.75) is 6.42 Å². The second kappa shape index (κ2) is 3.12. The number of hydrogen-bond acceptors (Lipinski definition) is 3. The fourth-order valence-corrected chi connectivity index (χ4v) is 1.79. The van der Waals surface area contributed by atoms with Gasteiger partial charge in [-0.1, -0.05) is 0 Å². The van der Waals surface area contributed by atoms with Crippen molar-refractivity contribution < 1.29 is 4.79 Å². The standard InChI is InChI=1S/C5H5BrN2OS/c6-3-2-10-5(8-3)1-4(7)9/h2H,1H2,(H2,7,9). The lowest BCUT2D eigenvalue weighted by atomic mass is 10.4. The number of rotatable bonds is 2. The average Bonchev–Trinajstić information content (AvgIpc) is 2.13. The third-order valence-electron chi connectivity index (χ3n) is 0.849. The molecule has 5 heteroatoms. The van der Waals surface area contributed by atoms with Gasteiger partial charge in [-0.25, -0.2) is 4.98 Å². The van der Waals surface area contributed by atoms with Crippen molar-refractivity contribution in [2.75, 3.05) is 0 Å². The van der Waals surface area contributed by atoms with Gasteiger partial charge in [0, 0.05) is 5.38 Å². The van der Waals surface area contributed by atoms with Gasteiger partial charge in [-0.15, -0.1) is 11.3 Å². The van der Waals surface area contributed by atoms with Crippen molar-refractivity contribution >= 4 is 33.2 Å². The Labute approximate surface area is 70.4 Å². The van der Waals surface area contributed by atoms with Crippen molar-refractivity contribution in [3.05, 3.63) is 15.0 Å². The van der Waals surface area contributed by atoms with Crippen molar-refractivity contribution in [3.8, 4) is 0 Å². The van der Waals surface area contributed by atoms with E-state index in [-0.39, 0.29) is 12.3 Å². The molecule has 0 saturated carbocycles. The van der Waals surface area contributed by atoms with Crippen molar-refractivity contribution in [3.63, 3.8) is 0 Å². The highest BCUT2D eigenvalue weighted by molar-refractivity contribution is 9.10. The lowest BCUT2D eigenvalue weighted by Crippen LogP contribution is -2.13. The molecule has 1 heterocycles. The second-order valence-corrected chi connectivity index (χ2v) is 3.46. The topological polar surface area (TPSA) is 56.0 Å². The number of nitrogens with two attached hydrogens (primary N) is 1. The van der Waals surface area contributed by atoms with Gasteiger partial charge in [-0.05, 0) is 15.9 Å². The minimum atomic E-state index is -0.346. The van der Waals surface area contributed by atoms with Crippen LogP contribution in [-0.4, -0.2) is 10.9 Å². The number of carbonyl (C=O) groups excluding carboxylic acids is 1. The molecule has 1 aromatic rings. The highest BCUT2D eigenvalue weighted by atomic mass is 79.9. The third-order valence-corrected chi connectivity index (χ3v) is 2.41. The van der Waals surface area contributed by atoms with Crippen LogP contribution in [0.5, 0.6) is 0 Å². The van der Waals surface area contributed by atoms with Gasteiger partial charge >= 0.3 is 0 Å². The van der Waals surface area contributed by atoms with E-state index in [0.717, 1.165) is 9.61 Å². The first-order chi connectivity index (χ1) is 4.68. The van der Waals surface area contributed by atoms with E-state index < -0.39 is 0 Å². The second-order valence-electron chi connectivity index (χ2n) is 1.71. The van der Waals surface area contributed by atoms with Crippen LogP contribution in [0.4, 0.5) is 0 Å². The number of amides is 1. The molecule has 1 amide bonds. The molecule has 1 rings (SSSR count). The smallest absolute Gasteiger partial charge is 0.224 e. The Morgan fingerprint density at radius 3 is 3.00 bits per heavy atom. The Kier molecular flexibility index (Phi) is 2.39. The molecule has 0 atom stereocenters. The maximum atomic E-state index is 10.4. The number of hydrogen-bond donors (Lipinski definition) is 1. The molecule has 0 aliphatic carbocycles. The Balaban J connectivity index is 2.67. The van der Waals surface area contributed by atoms with Crippen LogP contribution in [0.2, 0.25) is 0 Å². The molecule has 0 aliphatic rings. The van der Waals surface area contributed by atoms with E-state index in [4.69, 9.17) is 5.73 Å². The number of primary amides is 1. The minimum Gasteiger partial charge on any atom is -0.369 e. The Morgan fingerprint density at radius 1 is 1.90 bits per heavy atom. The highest BCUT2D eigenvalue weighted by Crippen LogP contribution is 2.14. The third kappa shape index (κ3) is 2.07. The normalized spacial score (nSPS) is 9.70. The average molecular weight is 221 g/mol. The van der Waals surface area contributed by atoms with Crippen LogP contribution in [0.25, 0.3) is 0 Å². The Bertz CT molecular complexity index is 248. The monoisotopic (exact) mass is 220 g/mol. The van der Waals surface area contributed by atoms with Crippen LogP contribution in [0.1, 0.15) is 5.01 Å². The van der Waals surface area contributed by atoms with E-state index in [2.05, 4.69) is 20.9 Å².